The minimum atomic E-state index is -0.791. The molecule has 0 aliphatic carbocycles. The fraction of sp³-hybridized carbons (Fsp3) is 0.516. The lowest BCUT2D eigenvalue weighted by atomic mass is 9.98. The summed E-state index contributed by atoms with van der Waals surface area (Å²) in [7, 11) is 0. The van der Waals surface area contributed by atoms with Crippen LogP contribution in [0.4, 0.5) is 4.79 Å². The quantitative estimate of drug-likeness (QED) is 0.369. The zero-order valence-electron chi connectivity index (χ0n) is 23.9. The fourth-order valence-corrected chi connectivity index (χ4v) is 5.78. The van der Waals surface area contributed by atoms with Gasteiger partial charge in [0.15, 0.2) is 5.78 Å². The first-order valence-corrected chi connectivity index (χ1v) is 14.8. The molecule has 2 atom stereocenters. The van der Waals surface area contributed by atoms with Crippen molar-refractivity contribution in [3.05, 3.63) is 65.2 Å². The van der Waals surface area contributed by atoms with E-state index in [9.17, 15) is 14.4 Å². The normalized spacial score (nSPS) is 15.3. The Morgan fingerprint density at radius 3 is 2.33 bits per heavy atom. The molecule has 0 unspecified atom stereocenters. The van der Waals surface area contributed by atoms with Gasteiger partial charge in [-0.15, -0.1) is 11.8 Å². The third kappa shape index (κ3) is 10.3. The van der Waals surface area contributed by atoms with Crippen molar-refractivity contribution in [2.75, 3.05) is 18.8 Å². The van der Waals surface area contributed by atoms with Gasteiger partial charge >= 0.3 is 6.09 Å². The average Bonchev–Trinajstić information content (AvgIpc) is 3.08. The first-order chi connectivity index (χ1) is 18.6. The molecule has 0 saturated heterocycles. The lowest BCUT2D eigenvalue weighted by Gasteiger charge is -2.27. The summed E-state index contributed by atoms with van der Waals surface area (Å²) in [5.41, 5.74) is 3.33. The van der Waals surface area contributed by atoms with E-state index < -0.39 is 18.2 Å². The summed E-state index contributed by atoms with van der Waals surface area (Å²) in [6.45, 7) is 12.1. The molecule has 0 bridgehead atoms. The van der Waals surface area contributed by atoms with Crippen LogP contribution in [-0.2, 0) is 27.5 Å². The second-order valence-electron chi connectivity index (χ2n) is 11.2. The van der Waals surface area contributed by atoms with Crippen LogP contribution in [0.1, 0.15) is 57.2 Å². The van der Waals surface area contributed by atoms with Crippen molar-refractivity contribution in [3.63, 3.8) is 0 Å². The molecule has 2 aromatic carbocycles. The molecule has 0 spiro atoms. The molecule has 0 fully saturated rings. The van der Waals surface area contributed by atoms with E-state index in [1.165, 1.54) is 16.0 Å². The molecule has 0 aromatic heterocycles. The Hall–Kier alpha value is -2.84. The molecule has 7 nitrogen and oxygen atoms in total. The lowest BCUT2D eigenvalue weighted by molar-refractivity contribution is -0.130. The molecular formula is C31H43N3O4S. The predicted molar refractivity (Wildman–Crippen MR) is 157 cm³/mol. The molecule has 2 amide bonds. The number of nitrogens with one attached hydrogen (secondary N) is 2. The highest BCUT2D eigenvalue weighted by Crippen LogP contribution is 2.28. The van der Waals surface area contributed by atoms with Crippen molar-refractivity contribution < 1.29 is 19.1 Å². The van der Waals surface area contributed by atoms with Gasteiger partial charge in [-0.3, -0.25) is 14.5 Å². The number of rotatable bonds is 12. The van der Waals surface area contributed by atoms with Crippen molar-refractivity contribution in [1.29, 1.82) is 0 Å². The molecule has 1 aliphatic rings. The van der Waals surface area contributed by atoms with Crippen LogP contribution in [0.25, 0.3) is 0 Å². The maximum Gasteiger partial charge on any atom is 0.408 e. The van der Waals surface area contributed by atoms with Crippen molar-refractivity contribution in [3.8, 4) is 0 Å². The largest absolute Gasteiger partial charge is 0.445 e. The number of aryl methyl sites for hydroxylation is 1. The van der Waals surface area contributed by atoms with Gasteiger partial charge in [0.25, 0.3) is 0 Å². The van der Waals surface area contributed by atoms with Gasteiger partial charge in [0.05, 0.1) is 12.6 Å². The smallest absolute Gasteiger partial charge is 0.408 e. The highest BCUT2D eigenvalue weighted by Gasteiger charge is 2.29. The Labute approximate surface area is 237 Å². The average molecular weight is 554 g/mol. The van der Waals surface area contributed by atoms with Gasteiger partial charge < -0.3 is 15.4 Å². The Balaban J connectivity index is 1.63. The molecule has 212 valence electrons. The molecule has 1 aliphatic heterocycles. The Morgan fingerprint density at radius 2 is 1.64 bits per heavy atom. The topological polar surface area (TPSA) is 87.7 Å². The second kappa shape index (κ2) is 15.1. The summed E-state index contributed by atoms with van der Waals surface area (Å²) in [6, 6.07) is 14.4. The fourth-order valence-electron chi connectivity index (χ4n) is 4.62. The number of carbonyl (C=O) groups excluding carboxylic acids is 3. The number of fused-ring (bicyclic) bond motifs is 1. The van der Waals surface area contributed by atoms with Gasteiger partial charge in [-0.05, 0) is 54.4 Å². The van der Waals surface area contributed by atoms with E-state index >= 15 is 0 Å². The van der Waals surface area contributed by atoms with Crippen molar-refractivity contribution in [1.82, 2.24) is 15.5 Å². The number of benzene rings is 2. The van der Waals surface area contributed by atoms with Crippen LogP contribution in [0.3, 0.4) is 0 Å². The molecule has 0 saturated carbocycles. The van der Waals surface area contributed by atoms with Crippen LogP contribution in [0, 0.1) is 18.8 Å². The molecule has 8 heteroatoms. The summed E-state index contributed by atoms with van der Waals surface area (Å²) >= 11 is 1.83. The maximum absolute atomic E-state index is 13.5. The molecular weight excluding hydrogens is 510 g/mol. The third-order valence-electron chi connectivity index (χ3n) is 6.60. The van der Waals surface area contributed by atoms with Gasteiger partial charge in [-0.25, -0.2) is 4.79 Å². The van der Waals surface area contributed by atoms with Crippen LogP contribution < -0.4 is 10.6 Å². The van der Waals surface area contributed by atoms with Crippen molar-refractivity contribution in [2.45, 2.75) is 77.6 Å². The molecule has 0 radical (unpaired) electrons. The van der Waals surface area contributed by atoms with E-state index in [2.05, 4.69) is 40.7 Å². The zero-order chi connectivity index (χ0) is 28.4. The van der Waals surface area contributed by atoms with Crippen LogP contribution in [-0.4, -0.2) is 53.6 Å². The SMILES string of the molecule is Cc1ccc2c(c1)SCCN(CC(=O)[C@H](CC(C)C)NC(=O)[C@H](CC(C)C)NC(=O)OCc1ccccc1)C2. The van der Waals surface area contributed by atoms with E-state index in [-0.39, 0.29) is 36.7 Å². The predicted octanol–water partition coefficient (Wildman–Crippen LogP) is 5.34. The maximum atomic E-state index is 13.5. The summed E-state index contributed by atoms with van der Waals surface area (Å²) in [4.78, 5) is 42.9. The minimum absolute atomic E-state index is 0.00689. The summed E-state index contributed by atoms with van der Waals surface area (Å²) in [5.74, 6) is 0.929. The van der Waals surface area contributed by atoms with E-state index in [0.29, 0.717) is 19.4 Å². The third-order valence-corrected chi connectivity index (χ3v) is 7.68. The Kier molecular flexibility index (Phi) is 11.9. The number of carbonyl (C=O) groups is 3. The number of ketones is 1. The van der Waals surface area contributed by atoms with E-state index in [4.69, 9.17) is 4.74 Å². The van der Waals surface area contributed by atoms with Crippen LogP contribution in [0.15, 0.2) is 53.4 Å². The van der Waals surface area contributed by atoms with E-state index in [0.717, 1.165) is 17.9 Å². The number of amides is 2. The van der Waals surface area contributed by atoms with Gasteiger partial charge in [-0.2, -0.15) is 0 Å². The van der Waals surface area contributed by atoms with Gasteiger partial charge in [0.2, 0.25) is 5.91 Å². The van der Waals surface area contributed by atoms with Gasteiger partial charge in [-0.1, -0.05) is 70.2 Å². The van der Waals surface area contributed by atoms with Gasteiger partial charge in [0, 0.05) is 23.7 Å². The van der Waals surface area contributed by atoms with Gasteiger partial charge in [0.1, 0.15) is 12.6 Å². The zero-order valence-corrected chi connectivity index (χ0v) is 24.7. The molecule has 2 N–H and O–H groups in total. The van der Waals surface area contributed by atoms with Crippen LogP contribution in [0.5, 0.6) is 0 Å². The Bertz CT molecular complexity index is 1110. The van der Waals surface area contributed by atoms with Crippen LogP contribution >= 0.6 is 11.8 Å². The number of Topliss-reactive ketones (excluding diaryl/α,β-unsaturated/α-hetero) is 1. The molecule has 1 heterocycles. The monoisotopic (exact) mass is 553 g/mol. The number of hydrogen-bond donors (Lipinski definition) is 2. The highest BCUT2D eigenvalue weighted by molar-refractivity contribution is 7.99. The highest BCUT2D eigenvalue weighted by atomic mass is 32.2. The van der Waals surface area contributed by atoms with Crippen molar-refractivity contribution >= 4 is 29.5 Å². The van der Waals surface area contributed by atoms with E-state index in [1.54, 1.807) is 0 Å². The molecule has 39 heavy (non-hydrogen) atoms. The van der Waals surface area contributed by atoms with Crippen molar-refractivity contribution in [2.24, 2.45) is 11.8 Å². The van der Waals surface area contributed by atoms with E-state index in [1.807, 2.05) is 69.8 Å². The number of nitrogens with zero attached hydrogens (tertiary/aromatic N) is 1. The second-order valence-corrected chi connectivity index (χ2v) is 12.4. The summed E-state index contributed by atoms with van der Waals surface area (Å²) < 4.78 is 5.35. The minimum Gasteiger partial charge on any atom is -0.445 e. The number of ether oxygens (including phenoxy) is 1. The number of thioether (sulfide) groups is 1. The molecule has 3 rings (SSSR count). The Morgan fingerprint density at radius 1 is 0.949 bits per heavy atom. The first-order valence-electron chi connectivity index (χ1n) is 13.9. The lowest BCUT2D eigenvalue weighted by Crippen LogP contribution is -2.53. The number of hydrogen-bond acceptors (Lipinski definition) is 6. The summed E-state index contributed by atoms with van der Waals surface area (Å²) in [5, 5.41) is 5.70. The molecule has 2 aromatic rings. The summed E-state index contributed by atoms with van der Waals surface area (Å²) in [6.07, 6.45) is 0.326. The first kappa shape index (κ1) is 30.7. The number of alkyl carbamates (subject to hydrolysis) is 1. The standard InChI is InChI=1S/C31H43N3O4S/c1-21(2)15-26(28(35)19-34-13-14-39-29-17-23(5)11-12-25(29)18-34)32-30(36)27(16-22(3)4)33-31(37)38-20-24-9-7-6-8-10-24/h6-12,17,21-22,26-27H,13-16,18-20H2,1-5H3,(H,32,36)(H,33,37)/t26-,27-/m0/s1. The van der Waals surface area contributed by atoms with Crippen LogP contribution in [0.2, 0.25) is 0 Å².